The molecule has 10 heteroatoms. The van der Waals surface area contributed by atoms with Gasteiger partial charge in [0.2, 0.25) is 11.8 Å². The van der Waals surface area contributed by atoms with Gasteiger partial charge in [-0.15, -0.1) is 0 Å². The first kappa shape index (κ1) is 25.1. The Morgan fingerprint density at radius 3 is 1.97 bits per heavy atom. The van der Waals surface area contributed by atoms with E-state index in [1.807, 2.05) is 0 Å². The molecule has 2 aliphatic heterocycles. The number of fused-ring (bicyclic) bond motifs is 1. The zero-order valence-corrected chi connectivity index (χ0v) is 21.7. The van der Waals surface area contributed by atoms with E-state index in [1.165, 1.54) is 25.3 Å². The van der Waals surface area contributed by atoms with E-state index in [2.05, 4.69) is 5.32 Å². The second-order valence-corrected chi connectivity index (χ2v) is 10.3. The van der Waals surface area contributed by atoms with Crippen LogP contribution in [0.5, 0.6) is 0 Å². The first-order valence-corrected chi connectivity index (χ1v) is 12.4. The fraction of sp³-hybridized carbons (Fsp3) is 0.192. The maximum absolute atomic E-state index is 14.2. The molecule has 0 aromatic heterocycles. The van der Waals surface area contributed by atoms with Crippen molar-refractivity contribution < 1.29 is 19.1 Å². The van der Waals surface area contributed by atoms with Crippen molar-refractivity contribution >= 4 is 69.9 Å². The molecule has 6 nitrogen and oxygen atoms in total. The minimum atomic E-state index is -1.33. The van der Waals surface area contributed by atoms with Crippen LogP contribution in [-0.2, 0) is 24.7 Å². The van der Waals surface area contributed by atoms with Gasteiger partial charge in [0, 0.05) is 15.1 Å². The Morgan fingerprint density at radius 1 is 0.861 bits per heavy atom. The summed E-state index contributed by atoms with van der Waals surface area (Å²) in [7, 11) is 1.23. The molecule has 3 aromatic carbocycles. The average Bonchev–Trinajstić information content (AvgIpc) is 3.34. The largest absolute Gasteiger partial charge is 0.468 e. The molecule has 3 aromatic rings. The lowest BCUT2D eigenvalue weighted by molar-refractivity contribution is -0.145. The number of imide groups is 1. The average molecular weight is 564 g/mol. The molecule has 0 bridgehead atoms. The summed E-state index contributed by atoms with van der Waals surface area (Å²) in [5, 5.41) is 4.60. The van der Waals surface area contributed by atoms with Crippen molar-refractivity contribution in [2.75, 3.05) is 12.0 Å². The second kappa shape index (κ2) is 9.36. The Balaban J connectivity index is 1.79. The Kier molecular flexibility index (Phi) is 6.52. The molecule has 2 heterocycles. The van der Waals surface area contributed by atoms with E-state index in [-0.39, 0.29) is 10.7 Å². The minimum Gasteiger partial charge on any atom is -0.468 e. The molecule has 36 heavy (non-hydrogen) atoms. The minimum absolute atomic E-state index is 0.128. The lowest BCUT2D eigenvalue weighted by Gasteiger charge is -2.36. The number of esters is 1. The van der Waals surface area contributed by atoms with Crippen molar-refractivity contribution in [3.63, 3.8) is 0 Å². The molecule has 0 saturated carbocycles. The third-order valence-electron chi connectivity index (χ3n) is 6.73. The number of hydrogen-bond acceptors (Lipinski definition) is 5. The standard InChI is InChI=1S/C26H18Cl4N2O4/c1-36-25(35)22-20-21(24(34)32(23(20)33)19-9-8-17(29)12-18(19)30)26(31-22,13-4-2-6-15(27)10-13)14-5-3-7-16(28)11-14/h2-12,20-22,31H,1H3/t20-,21+,22-/m1/s1. The predicted molar refractivity (Wildman–Crippen MR) is 139 cm³/mol. The fourth-order valence-corrected chi connectivity index (χ4v) is 6.17. The van der Waals surface area contributed by atoms with Crippen LogP contribution in [0.3, 0.4) is 0 Å². The number of carbonyl (C=O) groups excluding carboxylic acids is 3. The molecule has 2 amide bonds. The highest BCUT2D eigenvalue weighted by atomic mass is 35.5. The molecule has 2 aliphatic rings. The van der Waals surface area contributed by atoms with Gasteiger partial charge < -0.3 is 4.74 Å². The van der Waals surface area contributed by atoms with Gasteiger partial charge in [0.15, 0.2) is 0 Å². The van der Waals surface area contributed by atoms with Crippen LogP contribution in [0.2, 0.25) is 20.1 Å². The highest BCUT2D eigenvalue weighted by Gasteiger charge is 2.68. The monoisotopic (exact) mass is 562 g/mol. The number of anilines is 1. The Bertz CT molecular complexity index is 1370. The Hall–Kier alpha value is -2.61. The van der Waals surface area contributed by atoms with E-state index in [4.69, 9.17) is 51.1 Å². The van der Waals surface area contributed by atoms with Crippen molar-refractivity contribution in [3.05, 3.63) is 97.9 Å². The predicted octanol–water partition coefficient (Wildman–Crippen LogP) is 5.49. The third kappa shape index (κ3) is 3.80. The molecule has 2 fully saturated rings. The summed E-state index contributed by atoms with van der Waals surface area (Å²) in [5.41, 5.74) is 0.0209. The smallest absolute Gasteiger partial charge is 0.323 e. The third-order valence-corrected chi connectivity index (χ3v) is 7.73. The molecule has 5 rings (SSSR count). The summed E-state index contributed by atoms with van der Waals surface area (Å²) >= 11 is 25.2. The van der Waals surface area contributed by atoms with Gasteiger partial charge in [-0.3, -0.25) is 19.7 Å². The number of amides is 2. The zero-order chi connectivity index (χ0) is 25.8. The first-order valence-electron chi connectivity index (χ1n) is 10.9. The molecular weight excluding hydrogens is 546 g/mol. The summed E-state index contributed by atoms with van der Waals surface area (Å²) in [4.78, 5) is 42.1. The summed E-state index contributed by atoms with van der Waals surface area (Å²) in [6, 6.07) is 17.2. The van der Waals surface area contributed by atoms with E-state index >= 15 is 0 Å². The van der Waals surface area contributed by atoms with E-state index in [9.17, 15) is 14.4 Å². The molecule has 3 atom stereocenters. The van der Waals surface area contributed by atoms with Gasteiger partial charge in [-0.2, -0.15) is 0 Å². The quantitative estimate of drug-likeness (QED) is 0.335. The summed E-state index contributed by atoms with van der Waals surface area (Å²) < 4.78 is 5.04. The molecule has 0 unspecified atom stereocenters. The van der Waals surface area contributed by atoms with Gasteiger partial charge >= 0.3 is 5.97 Å². The number of hydrogen-bond donors (Lipinski definition) is 1. The van der Waals surface area contributed by atoms with E-state index in [1.54, 1.807) is 48.5 Å². The summed E-state index contributed by atoms with van der Waals surface area (Å²) in [6.07, 6.45) is 0. The molecule has 184 valence electrons. The molecule has 2 saturated heterocycles. The number of benzene rings is 3. The van der Waals surface area contributed by atoms with Crippen LogP contribution in [0.1, 0.15) is 11.1 Å². The number of halogens is 4. The lowest BCUT2D eigenvalue weighted by atomic mass is 9.71. The van der Waals surface area contributed by atoms with Crippen molar-refractivity contribution in [1.82, 2.24) is 5.32 Å². The van der Waals surface area contributed by atoms with Gasteiger partial charge in [-0.1, -0.05) is 70.7 Å². The van der Waals surface area contributed by atoms with E-state index in [0.717, 1.165) is 4.90 Å². The Labute approximate surface area is 227 Å². The van der Waals surface area contributed by atoms with Crippen LogP contribution in [0.15, 0.2) is 66.7 Å². The summed E-state index contributed by atoms with van der Waals surface area (Å²) in [6.45, 7) is 0. The fourth-order valence-electron chi connectivity index (χ4n) is 5.30. The van der Waals surface area contributed by atoms with Gasteiger partial charge in [0.25, 0.3) is 0 Å². The van der Waals surface area contributed by atoms with Crippen LogP contribution in [-0.4, -0.2) is 30.9 Å². The maximum atomic E-state index is 14.2. The molecule has 0 spiro atoms. The van der Waals surface area contributed by atoms with Crippen molar-refractivity contribution in [2.45, 2.75) is 11.6 Å². The topological polar surface area (TPSA) is 75.7 Å². The highest BCUT2D eigenvalue weighted by molar-refractivity contribution is 6.38. The number of carbonyl (C=O) groups is 3. The van der Waals surface area contributed by atoms with Crippen LogP contribution >= 0.6 is 46.4 Å². The van der Waals surface area contributed by atoms with Gasteiger partial charge in [0.1, 0.15) is 6.04 Å². The van der Waals surface area contributed by atoms with Crippen molar-refractivity contribution in [2.24, 2.45) is 11.8 Å². The van der Waals surface area contributed by atoms with E-state index in [0.29, 0.717) is 26.2 Å². The zero-order valence-electron chi connectivity index (χ0n) is 18.7. The number of nitrogens with zero attached hydrogens (tertiary/aromatic N) is 1. The van der Waals surface area contributed by atoms with Crippen LogP contribution in [0.25, 0.3) is 0 Å². The molecule has 0 radical (unpaired) electrons. The molecular formula is C26H18Cl4N2O4. The number of methoxy groups -OCH3 is 1. The number of ether oxygens (including phenoxy) is 1. The van der Waals surface area contributed by atoms with Gasteiger partial charge in [-0.25, -0.2) is 4.90 Å². The second-order valence-electron chi connectivity index (χ2n) is 8.58. The maximum Gasteiger partial charge on any atom is 0.323 e. The van der Waals surface area contributed by atoms with Crippen molar-refractivity contribution in [1.29, 1.82) is 0 Å². The van der Waals surface area contributed by atoms with Gasteiger partial charge in [0.05, 0.1) is 35.2 Å². The molecule has 1 N–H and O–H groups in total. The van der Waals surface area contributed by atoms with Crippen LogP contribution in [0.4, 0.5) is 5.69 Å². The van der Waals surface area contributed by atoms with E-state index < -0.39 is 41.2 Å². The van der Waals surface area contributed by atoms with Crippen molar-refractivity contribution in [3.8, 4) is 0 Å². The molecule has 0 aliphatic carbocycles. The van der Waals surface area contributed by atoms with Gasteiger partial charge in [-0.05, 0) is 53.6 Å². The summed E-state index contributed by atoms with van der Waals surface area (Å²) in [5.74, 6) is -3.93. The normalized spacial score (nSPS) is 22.6. The highest BCUT2D eigenvalue weighted by Crippen LogP contribution is 2.53. The number of rotatable bonds is 4. The lowest BCUT2D eigenvalue weighted by Crippen LogP contribution is -2.52. The number of nitrogens with one attached hydrogen (secondary N) is 1. The Morgan fingerprint density at radius 2 is 1.44 bits per heavy atom. The first-order chi connectivity index (χ1) is 17.2. The van der Waals surface area contributed by atoms with Crippen LogP contribution in [0, 0.1) is 11.8 Å². The SMILES string of the molecule is COC(=O)[C@@H]1NC(c2cccc(Cl)c2)(c2cccc(Cl)c2)[C@@H]2C(=O)N(c3ccc(Cl)cc3Cl)C(=O)[C@H]21. The van der Waals surface area contributed by atoms with Crippen LogP contribution < -0.4 is 10.2 Å².